The Morgan fingerprint density at radius 3 is 2.08 bits per heavy atom. The molecule has 0 spiro atoms. The van der Waals surface area contributed by atoms with Crippen LogP contribution in [-0.4, -0.2) is 49.7 Å². The summed E-state index contributed by atoms with van der Waals surface area (Å²) in [5.41, 5.74) is 1.10. The Morgan fingerprint density at radius 2 is 1.62 bits per heavy atom. The summed E-state index contributed by atoms with van der Waals surface area (Å²) in [6, 6.07) is 7.22. The van der Waals surface area contributed by atoms with Crippen molar-refractivity contribution in [2.24, 2.45) is 5.41 Å². The third kappa shape index (κ3) is 5.07. The molecule has 0 radical (unpaired) electrons. The summed E-state index contributed by atoms with van der Waals surface area (Å²) in [6.07, 6.45) is 1.51. The first-order chi connectivity index (χ1) is 12.0. The fourth-order valence-electron chi connectivity index (χ4n) is 3.10. The molecule has 146 valence electrons. The van der Waals surface area contributed by atoms with Crippen LogP contribution in [0.15, 0.2) is 29.2 Å². The summed E-state index contributed by atoms with van der Waals surface area (Å²) < 4.78 is 27.2. The van der Waals surface area contributed by atoms with Gasteiger partial charge in [0.1, 0.15) is 0 Å². The maximum absolute atomic E-state index is 12.9. The fourth-order valence-corrected chi connectivity index (χ4v) is 4.52. The van der Waals surface area contributed by atoms with E-state index < -0.39 is 10.0 Å². The van der Waals surface area contributed by atoms with E-state index in [4.69, 9.17) is 0 Å². The summed E-state index contributed by atoms with van der Waals surface area (Å²) in [5, 5.41) is 0. The SMILES string of the molecule is CCC(C)c1ccc(S(=O)(=O)N2CCN(C(=O)CC(C)(C)C)CC2)cc1. The van der Waals surface area contributed by atoms with E-state index in [9.17, 15) is 13.2 Å². The van der Waals surface area contributed by atoms with E-state index in [-0.39, 0.29) is 11.3 Å². The molecule has 0 bridgehead atoms. The van der Waals surface area contributed by atoms with Crippen molar-refractivity contribution in [3.63, 3.8) is 0 Å². The summed E-state index contributed by atoms with van der Waals surface area (Å²) >= 11 is 0. The van der Waals surface area contributed by atoms with Crippen LogP contribution in [0.2, 0.25) is 0 Å². The lowest BCUT2D eigenvalue weighted by molar-refractivity contribution is -0.134. The van der Waals surface area contributed by atoms with Gasteiger partial charge >= 0.3 is 0 Å². The second-order valence-corrected chi connectivity index (χ2v) is 10.3. The van der Waals surface area contributed by atoms with Gasteiger partial charge in [0.05, 0.1) is 4.90 Å². The van der Waals surface area contributed by atoms with Crippen LogP contribution in [-0.2, 0) is 14.8 Å². The van der Waals surface area contributed by atoms with E-state index in [2.05, 4.69) is 13.8 Å². The molecular formula is C20H32N2O3S. The van der Waals surface area contributed by atoms with Crippen LogP contribution < -0.4 is 0 Å². The molecule has 1 aromatic carbocycles. The van der Waals surface area contributed by atoms with Gasteiger partial charge in [-0.3, -0.25) is 4.79 Å². The Hall–Kier alpha value is -1.40. The molecule has 1 aliphatic heterocycles. The molecule has 26 heavy (non-hydrogen) atoms. The van der Waals surface area contributed by atoms with Crippen molar-refractivity contribution in [3.8, 4) is 0 Å². The molecule has 1 atom stereocenters. The molecule has 1 aliphatic rings. The van der Waals surface area contributed by atoms with E-state index in [1.807, 2.05) is 32.9 Å². The van der Waals surface area contributed by atoms with Crippen LogP contribution in [0, 0.1) is 5.41 Å². The Labute approximate surface area is 158 Å². The zero-order chi connectivity index (χ0) is 19.5. The summed E-state index contributed by atoms with van der Waals surface area (Å²) in [6.45, 7) is 12.0. The second-order valence-electron chi connectivity index (χ2n) is 8.40. The van der Waals surface area contributed by atoms with Gasteiger partial charge in [0.15, 0.2) is 0 Å². The van der Waals surface area contributed by atoms with Crippen molar-refractivity contribution in [2.75, 3.05) is 26.2 Å². The molecule has 0 aliphatic carbocycles. The van der Waals surface area contributed by atoms with Gasteiger partial charge in [-0.1, -0.05) is 46.8 Å². The van der Waals surface area contributed by atoms with Gasteiger partial charge in [-0.25, -0.2) is 8.42 Å². The third-order valence-corrected chi connectivity index (χ3v) is 6.89. The highest BCUT2D eigenvalue weighted by atomic mass is 32.2. The first kappa shape index (κ1) is 20.9. The minimum atomic E-state index is -3.50. The van der Waals surface area contributed by atoms with Gasteiger partial charge in [-0.05, 0) is 35.4 Å². The van der Waals surface area contributed by atoms with E-state index in [1.165, 1.54) is 4.31 Å². The van der Waals surface area contributed by atoms with Crippen LogP contribution in [0.3, 0.4) is 0 Å². The lowest BCUT2D eigenvalue weighted by Gasteiger charge is -2.35. The van der Waals surface area contributed by atoms with Gasteiger partial charge in [0.2, 0.25) is 15.9 Å². The molecule has 6 heteroatoms. The second kappa shape index (κ2) is 8.09. The largest absolute Gasteiger partial charge is 0.340 e. The van der Waals surface area contributed by atoms with Crippen molar-refractivity contribution in [1.29, 1.82) is 0 Å². The zero-order valence-corrected chi connectivity index (χ0v) is 17.5. The first-order valence-electron chi connectivity index (χ1n) is 9.42. The van der Waals surface area contributed by atoms with Crippen LogP contribution in [0.4, 0.5) is 0 Å². The average molecular weight is 381 g/mol. The molecule has 1 unspecified atom stereocenters. The highest BCUT2D eigenvalue weighted by Crippen LogP contribution is 2.24. The predicted octanol–water partition coefficient (Wildman–Crippen LogP) is 3.47. The molecule has 0 aromatic heterocycles. The molecule has 5 nitrogen and oxygen atoms in total. The van der Waals surface area contributed by atoms with Crippen molar-refractivity contribution >= 4 is 15.9 Å². The van der Waals surface area contributed by atoms with Gasteiger partial charge in [0, 0.05) is 32.6 Å². The first-order valence-corrected chi connectivity index (χ1v) is 10.9. The third-order valence-electron chi connectivity index (χ3n) is 4.97. The standard InChI is InChI=1S/C20H32N2O3S/c1-6-16(2)17-7-9-18(10-8-17)26(24,25)22-13-11-21(12-14-22)19(23)15-20(3,4)5/h7-10,16H,6,11-15H2,1-5H3. The van der Waals surface area contributed by atoms with Gasteiger partial charge in [-0.2, -0.15) is 4.31 Å². The summed E-state index contributed by atoms with van der Waals surface area (Å²) in [4.78, 5) is 14.4. The summed E-state index contributed by atoms with van der Waals surface area (Å²) in [7, 11) is -3.50. The zero-order valence-electron chi connectivity index (χ0n) is 16.7. The highest BCUT2D eigenvalue weighted by molar-refractivity contribution is 7.89. The Morgan fingerprint density at radius 1 is 1.08 bits per heavy atom. The number of nitrogens with zero attached hydrogens (tertiary/aromatic N) is 2. The molecule has 1 saturated heterocycles. The number of hydrogen-bond acceptors (Lipinski definition) is 3. The number of rotatable bonds is 5. The monoisotopic (exact) mass is 380 g/mol. The number of carbonyl (C=O) groups is 1. The van der Waals surface area contributed by atoms with Crippen LogP contribution in [0.25, 0.3) is 0 Å². The highest BCUT2D eigenvalue weighted by Gasteiger charge is 2.31. The Balaban J connectivity index is 2.02. The molecule has 1 aromatic rings. The van der Waals surface area contributed by atoms with Crippen molar-refractivity contribution in [2.45, 2.75) is 58.3 Å². The normalized spacial score (nSPS) is 18.0. The molecule has 1 fully saturated rings. The minimum absolute atomic E-state index is 0.0579. The topological polar surface area (TPSA) is 57.7 Å². The summed E-state index contributed by atoms with van der Waals surface area (Å²) in [5.74, 6) is 0.525. The van der Waals surface area contributed by atoms with Crippen LogP contribution in [0.5, 0.6) is 0 Å². The molecule has 0 N–H and O–H groups in total. The number of sulfonamides is 1. The van der Waals surface area contributed by atoms with Crippen molar-refractivity contribution in [1.82, 2.24) is 9.21 Å². The lowest BCUT2D eigenvalue weighted by Crippen LogP contribution is -2.50. The van der Waals surface area contributed by atoms with Crippen LogP contribution in [0.1, 0.15) is 58.9 Å². The predicted molar refractivity (Wildman–Crippen MR) is 105 cm³/mol. The van der Waals surface area contributed by atoms with E-state index >= 15 is 0 Å². The smallest absolute Gasteiger partial charge is 0.243 e. The number of piperazine rings is 1. The molecule has 2 rings (SSSR count). The van der Waals surface area contributed by atoms with Gasteiger partial charge < -0.3 is 4.90 Å². The molecule has 0 saturated carbocycles. The van der Waals surface area contributed by atoms with E-state index in [1.54, 1.807) is 17.0 Å². The fraction of sp³-hybridized carbons (Fsp3) is 0.650. The van der Waals surface area contributed by atoms with Crippen LogP contribution >= 0.6 is 0 Å². The quantitative estimate of drug-likeness (QED) is 0.786. The molecule has 1 amide bonds. The van der Waals surface area contributed by atoms with Crippen molar-refractivity contribution in [3.05, 3.63) is 29.8 Å². The average Bonchev–Trinajstić information content (AvgIpc) is 2.59. The van der Waals surface area contributed by atoms with E-state index in [0.29, 0.717) is 43.4 Å². The van der Waals surface area contributed by atoms with E-state index in [0.717, 1.165) is 12.0 Å². The Kier molecular flexibility index (Phi) is 6.51. The molecule has 1 heterocycles. The number of amides is 1. The Bertz CT molecular complexity index is 712. The number of hydrogen-bond donors (Lipinski definition) is 0. The van der Waals surface area contributed by atoms with Gasteiger partial charge in [0.25, 0.3) is 0 Å². The maximum Gasteiger partial charge on any atom is 0.243 e. The number of carbonyl (C=O) groups excluding carboxylic acids is 1. The minimum Gasteiger partial charge on any atom is -0.340 e. The van der Waals surface area contributed by atoms with Crippen molar-refractivity contribution < 1.29 is 13.2 Å². The van der Waals surface area contributed by atoms with Gasteiger partial charge in [-0.15, -0.1) is 0 Å². The lowest BCUT2D eigenvalue weighted by atomic mass is 9.91. The number of benzene rings is 1. The molecular weight excluding hydrogens is 348 g/mol. The maximum atomic E-state index is 12.9.